The topological polar surface area (TPSA) is 3.24 Å². The monoisotopic (exact) mass is 605 g/mol. The van der Waals surface area contributed by atoms with Gasteiger partial charge in [0.05, 0.1) is 11.4 Å². The molecular weight excluding hydrogens is 567 g/mol. The predicted molar refractivity (Wildman–Crippen MR) is 201 cm³/mol. The Morgan fingerprint density at radius 3 is 1.81 bits per heavy atom. The Morgan fingerprint density at radius 1 is 0.447 bits per heavy atom. The van der Waals surface area contributed by atoms with E-state index in [1.54, 1.807) is 0 Å². The molecule has 0 spiro atoms. The maximum atomic E-state index is 2.51. The molecular formula is C46H39N. The summed E-state index contributed by atoms with van der Waals surface area (Å²) >= 11 is 0. The quantitative estimate of drug-likeness (QED) is 0.182. The van der Waals surface area contributed by atoms with E-state index in [1.165, 1.54) is 66.5 Å². The number of hydrogen-bond acceptors (Lipinski definition) is 1. The van der Waals surface area contributed by atoms with Gasteiger partial charge in [-0.1, -0.05) is 155 Å². The lowest BCUT2D eigenvalue weighted by atomic mass is 9.82. The first kappa shape index (κ1) is 29.0. The average Bonchev–Trinajstić information content (AvgIpc) is 3.34. The van der Waals surface area contributed by atoms with Crippen molar-refractivity contribution in [3.8, 4) is 33.4 Å². The van der Waals surface area contributed by atoms with Crippen LogP contribution in [0.25, 0.3) is 44.2 Å². The second-order valence-electron chi connectivity index (χ2n) is 13.6. The van der Waals surface area contributed by atoms with E-state index in [0.717, 1.165) is 11.4 Å². The van der Waals surface area contributed by atoms with Crippen LogP contribution in [0.2, 0.25) is 0 Å². The van der Waals surface area contributed by atoms with Crippen LogP contribution in [-0.4, -0.2) is 0 Å². The standard InChI is InChI=1S/C46H39N/c1-31(2)36-20-10-11-22-38(36)41-28-33-18-8-9-19-34(33)29-45(41)47(44-25-15-13-21-37(44)32-16-6-5-7-17-32)35-26-27-40-39-23-12-14-24-42(39)46(3,4)43(40)30-35/h5-31H,1-4H3. The summed E-state index contributed by atoms with van der Waals surface area (Å²) in [4.78, 5) is 2.51. The van der Waals surface area contributed by atoms with Crippen LogP contribution in [0.3, 0.4) is 0 Å². The molecule has 0 amide bonds. The Morgan fingerprint density at radius 2 is 1.04 bits per heavy atom. The van der Waals surface area contributed by atoms with Crippen molar-refractivity contribution in [3.05, 3.63) is 174 Å². The molecule has 1 aliphatic rings. The summed E-state index contributed by atoms with van der Waals surface area (Å²) in [7, 11) is 0. The Hall–Kier alpha value is -5.40. The van der Waals surface area contributed by atoms with Crippen molar-refractivity contribution in [3.63, 3.8) is 0 Å². The Balaban J connectivity index is 1.46. The number of nitrogens with zero attached hydrogens (tertiary/aromatic N) is 1. The average molecular weight is 606 g/mol. The lowest BCUT2D eigenvalue weighted by Crippen LogP contribution is -2.17. The van der Waals surface area contributed by atoms with Gasteiger partial charge in [-0.15, -0.1) is 0 Å². The van der Waals surface area contributed by atoms with Crippen molar-refractivity contribution < 1.29 is 0 Å². The van der Waals surface area contributed by atoms with E-state index >= 15 is 0 Å². The molecule has 0 unspecified atom stereocenters. The molecule has 1 nitrogen and oxygen atoms in total. The number of para-hydroxylation sites is 1. The van der Waals surface area contributed by atoms with Gasteiger partial charge in [0.2, 0.25) is 0 Å². The number of rotatable bonds is 6. The molecule has 0 aliphatic heterocycles. The van der Waals surface area contributed by atoms with Crippen LogP contribution in [0.5, 0.6) is 0 Å². The van der Waals surface area contributed by atoms with E-state index in [2.05, 4.69) is 190 Å². The van der Waals surface area contributed by atoms with Gasteiger partial charge in [-0.05, 0) is 86.0 Å². The third-order valence-corrected chi connectivity index (χ3v) is 10.0. The molecule has 8 rings (SSSR count). The first-order valence-electron chi connectivity index (χ1n) is 16.7. The van der Waals surface area contributed by atoms with Gasteiger partial charge in [-0.25, -0.2) is 0 Å². The molecule has 0 atom stereocenters. The van der Waals surface area contributed by atoms with Gasteiger partial charge in [-0.3, -0.25) is 0 Å². The van der Waals surface area contributed by atoms with Crippen molar-refractivity contribution in [1.82, 2.24) is 0 Å². The van der Waals surface area contributed by atoms with Crippen molar-refractivity contribution in [2.45, 2.75) is 39.0 Å². The third kappa shape index (κ3) is 4.86. The van der Waals surface area contributed by atoms with Crippen molar-refractivity contribution in [1.29, 1.82) is 0 Å². The molecule has 7 aromatic rings. The summed E-state index contributed by atoms with van der Waals surface area (Å²) in [5, 5.41) is 2.47. The molecule has 1 heteroatoms. The molecule has 0 saturated carbocycles. The molecule has 0 fully saturated rings. The molecule has 0 N–H and O–H groups in total. The fourth-order valence-corrected chi connectivity index (χ4v) is 7.64. The summed E-state index contributed by atoms with van der Waals surface area (Å²) in [5.74, 6) is 0.384. The van der Waals surface area contributed by atoms with Gasteiger partial charge in [0, 0.05) is 22.2 Å². The van der Waals surface area contributed by atoms with Crippen molar-refractivity contribution in [2.24, 2.45) is 0 Å². The highest BCUT2D eigenvalue weighted by Gasteiger charge is 2.36. The van der Waals surface area contributed by atoms with Crippen LogP contribution in [0, 0.1) is 0 Å². The van der Waals surface area contributed by atoms with Gasteiger partial charge in [0.15, 0.2) is 0 Å². The van der Waals surface area contributed by atoms with Crippen LogP contribution in [0.15, 0.2) is 158 Å². The van der Waals surface area contributed by atoms with Gasteiger partial charge in [0.1, 0.15) is 0 Å². The Kier molecular flexibility index (Phi) is 7.07. The molecule has 0 saturated heterocycles. The minimum absolute atomic E-state index is 0.108. The highest BCUT2D eigenvalue weighted by atomic mass is 15.1. The second-order valence-corrected chi connectivity index (χ2v) is 13.6. The first-order chi connectivity index (χ1) is 22.9. The fraction of sp³-hybridized carbons (Fsp3) is 0.130. The number of fused-ring (bicyclic) bond motifs is 4. The van der Waals surface area contributed by atoms with E-state index < -0.39 is 0 Å². The molecule has 0 aromatic heterocycles. The summed E-state index contributed by atoms with van der Waals surface area (Å²) in [6.45, 7) is 9.32. The lowest BCUT2D eigenvalue weighted by molar-refractivity contribution is 0.660. The van der Waals surface area contributed by atoms with Crippen LogP contribution < -0.4 is 4.90 Å². The molecule has 0 bridgehead atoms. The van der Waals surface area contributed by atoms with Gasteiger partial charge in [-0.2, -0.15) is 0 Å². The van der Waals surface area contributed by atoms with Gasteiger partial charge < -0.3 is 4.90 Å². The van der Waals surface area contributed by atoms with Crippen LogP contribution >= 0.6 is 0 Å². The minimum Gasteiger partial charge on any atom is -0.309 e. The molecule has 47 heavy (non-hydrogen) atoms. The van der Waals surface area contributed by atoms with Gasteiger partial charge in [0.25, 0.3) is 0 Å². The lowest BCUT2D eigenvalue weighted by Gasteiger charge is -2.32. The minimum atomic E-state index is -0.108. The van der Waals surface area contributed by atoms with E-state index in [9.17, 15) is 0 Å². The SMILES string of the molecule is CC(C)c1ccccc1-c1cc2ccccc2cc1N(c1ccc2c(c1)C(C)(C)c1ccccc1-2)c1ccccc1-c1ccccc1. The molecule has 0 heterocycles. The second kappa shape index (κ2) is 11.4. The molecule has 1 aliphatic carbocycles. The van der Waals surface area contributed by atoms with Crippen LogP contribution in [-0.2, 0) is 5.41 Å². The summed E-state index contributed by atoms with van der Waals surface area (Å²) in [5.41, 5.74) is 15.1. The van der Waals surface area contributed by atoms with Crippen LogP contribution in [0.1, 0.15) is 50.3 Å². The molecule has 228 valence electrons. The Bertz CT molecular complexity index is 2260. The number of anilines is 3. The van der Waals surface area contributed by atoms with Crippen LogP contribution in [0.4, 0.5) is 17.1 Å². The predicted octanol–water partition coefficient (Wildman–Crippen LogP) is 13.1. The Labute approximate surface area is 278 Å². The summed E-state index contributed by atoms with van der Waals surface area (Å²) in [6.07, 6.45) is 0. The van der Waals surface area contributed by atoms with E-state index in [0.29, 0.717) is 5.92 Å². The normalized spacial score (nSPS) is 13.0. The van der Waals surface area contributed by atoms with E-state index in [1.807, 2.05) is 0 Å². The van der Waals surface area contributed by atoms with Crippen molar-refractivity contribution >= 4 is 27.8 Å². The van der Waals surface area contributed by atoms with E-state index in [-0.39, 0.29) is 5.41 Å². The number of benzene rings is 7. The highest BCUT2D eigenvalue weighted by Crippen LogP contribution is 2.52. The zero-order valence-corrected chi connectivity index (χ0v) is 27.5. The fourth-order valence-electron chi connectivity index (χ4n) is 7.64. The summed E-state index contributed by atoms with van der Waals surface area (Å²) in [6, 6.07) is 58.2. The van der Waals surface area contributed by atoms with E-state index in [4.69, 9.17) is 0 Å². The largest absolute Gasteiger partial charge is 0.309 e. The zero-order valence-electron chi connectivity index (χ0n) is 27.5. The molecule has 7 aromatic carbocycles. The van der Waals surface area contributed by atoms with Gasteiger partial charge >= 0.3 is 0 Å². The summed E-state index contributed by atoms with van der Waals surface area (Å²) < 4.78 is 0. The maximum Gasteiger partial charge on any atom is 0.0546 e. The number of hydrogen-bond donors (Lipinski definition) is 0. The maximum absolute atomic E-state index is 2.51. The third-order valence-electron chi connectivity index (χ3n) is 10.0. The first-order valence-corrected chi connectivity index (χ1v) is 16.7. The zero-order chi connectivity index (χ0) is 32.1. The molecule has 0 radical (unpaired) electrons. The smallest absolute Gasteiger partial charge is 0.0546 e. The van der Waals surface area contributed by atoms with Crippen molar-refractivity contribution in [2.75, 3.05) is 4.90 Å². The highest BCUT2D eigenvalue weighted by molar-refractivity contribution is 6.01.